The van der Waals surface area contributed by atoms with E-state index < -0.39 is 0 Å². The molecule has 3 rings (SSSR count). The van der Waals surface area contributed by atoms with Gasteiger partial charge in [-0.1, -0.05) is 30.3 Å². The fourth-order valence-electron chi connectivity index (χ4n) is 2.33. The van der Waals surface area contributed by atoms with E-state index in [9.17, 15) is 14.0 Å². The Hall–Kier alpha value is -3.21. The van der Waals surface area contributed by atoms with Gasteiger partial charge in [0.1, 0.15) is 5.82 Å². The quantitative estimate of drug-likeness (QED) is 0.774. The molecule has 0 unspecified atom stereocenters. The van der Waals surface area contributed by atoms with Crippen LogP contribution >= 0.6 is 0 Å². The largest absolute Gasteiger partial charge is 0.343 e. The van der Waals surface area contributed by atoms with Crippen LogP contribution in [0.2, 0.25) is 0 Å². The highest BCUT2D eigenvalue weighted by atomic mass is 19.1. The van der Waals surface area contributed by atoms with Crippen LogP contribution in [0.15, 0.2) is 66.7 Å². The van der Waals surface area contributed by atoms with Crippen LogP contribution in [0.1, 0.15) is 10.4 Å². The second kappa shape index (κ2) is 6.91. The zero-order chi connectivity index (χ0) is 16.9. The van der Waals surface area contributed by atoms with E-state index in [1.54, 1.807) is 12.1 Å². The minimum Gasteiger partial charge on any atom is -0.343 e. The maximum absolute atomic E-state index is 12.8. The average Bonchev–Trinajstić information content (AvgIpc) is 2.61. The lowest BCUT2D eigenvalue weighted by Gasteiger charge is -2.08. The van der Waals surface area contributed by atoms with Crippen LogP contribution in [0.3, 0.4) is 0 Å². The van der Waals surface area contributed by atoms with Gasteiger partial charge in [-0.25, -0.2) is 4.39 Å². The van der Waals surface area contributed by atoms with E-state index in [1.165, 1.54) is 24.3 Å². The van der Waals surface area contributed by atoms with Crippen molar-refractivity contribution < 1.29 is 14.0 Å². The Balaban J connectivity index is 1.59. The molecule has 0 spiro atoms. The molecule has 0 fully saturated rings. The summed E-state index contributed by atoms with van der Waals surface area (Å²) in [6.07, 6.45) is 0. The molecule has 2 amide bonds. The molecule has 0 saturated heterocycles. The summed E-state index contributed by atoms with van der Waals surface area (Å²) in [4.78, 5) is 24.0. The van der Waals surface area contributed by atoms with Crippen molar-refractivity contribution >= 4 is 28.3 Å². The number of hydrogen-bond acceptors (Lipinski definition) is 2. The van der Waals surface area contributed by atoms with Gasteiger partial charge in [0.15, 0.2) is 0 Å². The van der Waals surface area contributed by atoms with Gasteiger partial charge < -0.3 is 10.6 Å². The molecule has 24 heavy (non-hydrogen) atoms. The fraction of sp³-hybridized carbons (Fsp3) is 0.0526. The molecule has 0 radical (unpaired) electrons. The van der Waals surface area contributed by atoms with Crippen LogP contribution in [0.5, 0.6) is 0 Å². The van der Waals surface area contributed by atoms with E-state index in [0.29, 0.717) is 11.3 Å². The number of anilines is 1. The summed E-state index contributed by atoms with van der Waals surface area (Å²) in [7, 11) is 0. The van der Waals surface area contributed by atoms with E-state index >= 15 is 0 Å². The molecule has 3 aromatic rings. The van der Waals surface area contributed by atoms with Gasteiger partial charge in [-0.15, -0.1) is 0 Å². The number of benzene rings is 3. The molecule has 2 N–H and O–H groups in total. The first-order valence-electron chi connectivity index (χ1n) is 7.44. The Bertz CT molecular complexity index is 891. The van der Waals surface area contributed by atoms with Gasteiger partial charge in [0.25, 0.3) is 5.91 Å². The van der Waals surface area contributed by atoms with E-state index in [0.717, 1.165) is 10.8 Å². The van der Waals surface area contributed by atoms with E-state index in [4.69, 9.17) is 0 Å². The van der Waals surface area contributed by atoms with Crippen LogP contribution in [-0.2, 0) is 4.79 Å². The Morgan fingerprint density at radius 1 is 0.875 bits per heavy atom. The molecule has 0 aromatic heterocycles. The molecule has 0 heterocycles. The third kappa shape index (κ3) is 3.76. The molecule has 5 heteroatoms. The summed E-state index contributed by atoms with van der Waals surface area (Å²) in [5.41, 5.74) is 0.963. The van der Waals surface area contributed by atoms with Crippen LogP contribution in [-0.4, -0.2) is 18.4 Å². The molecule has 0 bridgehead atoms. The molecule has 4 nitrogen and oxygen atoms in total. The standard InChI is InChI=1S/C19H15FN2O2/c20-16-7-9-17(10-8-16)22-18(23)12-21-19(24)15-6-5-13-3-1-2-4-14(13)11-15/h1-11H,12H2,(H,21,24)(H,22,23). The first kappa shape index (κ1) is 15.7. The third-order valence-electron chi connectivity index (χ3n) is 3.55. The number of amides is 2. The fourth-order valence-corrected chi connectivity index (χ4v) is 2.33. The number of carbonyl (C=O) groups is 2. The van der Waals surface area contributed by atoms with E-state index in [1.807, 2.05) is 30.3 Å². The minimum absolute atomic E-state index is 0.164. The van der Waals surface area contributed by atoms with Crippen molar-refractivity contribution in [3.8, 4) is 0 Å². The molecule has 0 saturated carbocycles. The third-order valence-corrected chi connectivity index (χ3v) is 3.55. The Morgan fingerprint density at radius 2 is 1.58 bits per heavy atom. The number of halogens is 1. The molecular formula is C19H15FN2O2. The number of fused-ring (bicyclic) bond motifs is 1. The highest BCUT2D eigenvalue weighted by molar-refractivity contribution is 6.01. The lowest BCUT2D eigenvalue weighted by molar-refractivity contribution is -0.115. The number of nitrogens with one attached hydrogen (secondary N) is 2. The van der Waals surface area contributed by atoms with Gasteiger partial charge in [-0.2, -0.15) is 0 Å². The number of carbonyl (C=O) groups excluding carboxylic acids is 2. The van der Waals surface area contributed by atoms with Crippen molar-refractivity contribution in [2.24, 2.45) is 0 Å². The Morgan fingerprint density at radius 3 is 2.33 bits per heavy atom. The lowest BCUT2D eigenvalue weighted by atomic mass is 10.1. The summed E-state index contributed by atoms with van der Waals surface area (Å²) in [6, 6.07) is 18.5. The second-order valence-corrected chi connectivity index (χ2v) is 5.30. The first-order valence-corrected chi connectivity index (χ1v) is 7.44. The molecule has 0 aliphatic rings. The predicted molar refractivity (Wildman–Crippen MR) is 91.3 cm³/mol. The molecule has 0 aliphatic carbocycles. The zero-order valence-electron chi connectivity index (χ0n) is 12.8. The summed E-state index contributed by atoms with van der Waals surface area (Å²) < 4.78 is 12.8. The highest BCUT2D eigenvalue weighted by Crippen LogP contribution is 2.15. The van der Waals surface area contributed by atoms with Crippen molar-refractivity contribution in [3.05, 3.63) is 78.1 Å². The average molecular weight is 322 g/mol. The summed E-state index contributed by atoms with van der Waals surface area (Å²) >= 11 is 0. The maximum atomic E-state index is 12.8. The van der Waals surface area contributed by atoms with Gasteiger partial charge in [0.05, 0.1) is 6.54 Å². The molecule has 0 aliphatic heterocycles. The lowest BCUT2D eigenvalue weighted by Crippen LogP contribution is -2.32. The zero-order valence-corrected chi connectivity index (χ0v) is 12.8. The van der Waals surface area contributed by atoms with Crippen molar-refractivity contribution in [2.45, 2.75) is 0 Å². The highest BCUT2D eigenvalue weighted by Gasteiger charge is 2.09. The van der Waals surface area contributed by atoms with Crippen LogP contribution in [0.4, 0.5) is 10.1 Å². The van der Waals surface area contributed by atoms with Crippen LogP contribution in [0.25, 0.3) is 10.8 Å². The monoisotopic (exact) mass is 322 g/mol. The maximum Gasteiger partial charge on any atom is 0.251 e. The van der Waals surface area contributed by atoms with Crippen molar-refractivity contribution in [1.82, 2.24) is 5.32 Å². The molecule has 120 valence electrons. The van der Waals surface area contributed by atoms with Crippen molar-refractivity contribution in [1.29, 1.82) is 0 Å². The molecule has 0 atom stereocenters. The summed E-state index contributed by atoms with van der Waals surface area (Å²) in [5, 5.41) is 7.16. The Kier molecular flexibility index (Phi) is 4.52. The van der Waals surface area contributed by atoms with Crippen LogP contribution < -0.4 is 10.6 Å². The smallest absolute Gasteiger partial charge is 0.251 e. The van der Waals surface area contributed by atoms with E-state index in [2.05, 4.69) is 10.6 Å². The van der Waals surface area contributed by atoms with Gasteiger partial charge >= 0.3 is 0 Å². The SMILES string of the molecule is O=C(CNC(=O)c1ccc2ccccc2c1)Nc1ccc(F)cc1. The van der Waals surface area contributed by atoms with Crippen LogP contribution in [0, 0.1) is 5.82 Å². The molecule has 3 aromatic carbocycles. The summed E-state index contributed by atoms with van der Waals surface area (Å²) in [5.74, 6) is -1.08. The molecular weight excluding hydrogens is 307 g/mol. The minimum atomic E-state index is -0.379. The first-order chi connectivity index (χ1) is 11.6. The van der Waals surface area contributed by atoms with Gasteiger partial charge in [-0.05, 0) is 47.2 Å². The van der Waals surface area contributed by atoms with E-state index in [-0.39, 0.29) is 24.2 Å². The van der Waals surface area contributed by atoms with Gasteiger partial charge in [0.2, 0.25) is 5.91 Å². The van der Waals surface area contributed by atoms with Gasteiger partial charge in [-0.3, -0.25) is 9.59 Å². The van der Waals surface area contributed by atoms with Crippen molar-refractivity contribution in [3.63, 3.8) is 0 Å². The summed E-state index contributed by atoms with van der Waals surface area (Å²) in [6.45, 7) is -0.164. The Labute approximate surface area is 138 Å². The topological polar surface area (TPSA) is 58.2 Å². The second-order valence-electron chi connectivity index (χ2n) is 5.30. The van der Waals surface area contributed by atoms with Gasteiger partial charge in [0, 0.05) is 11.3 Å². The number of hydrogen-bond donors (Lipinski definition) is 2. The predicted octanol–water partition coefficient (Wildman–Crippen LogP) is 3.35. The van der Waals surface area contributed by atoms with Crippen molar-refractivity contribution in [2.75, 3.05) is 11.9 Å². The normalized spacial score (nSPS) is 10.4. The number of rotatable bonds is 4.